The molecule has 1 saturated heterocycles. The van der Waals surface area contributed by atoms with E-state index in [0.717, 1.165) is 43.2 Å². The van der Waals surface area contributed by atoms with E-state index in [0.29, 0.717) is 0 Å². The summed E-state index contributed by atoms with van der Waals surface area (Å²) in [6.45, 7) is 6.15. The van der Waals surface area contributed by atoms with Crippen LogP contribution in [0.2, 0.25) is 0 Å². The molecule has 3 nitrogen and oxygen atoms in total. The maximum Gasteiger partial charge on any atom is 0.260 e. The second-order valence-corrected chi connectivity index (χ2v) is 5.17. The Labute approximate surface area is 109 Å². The summed E-state index contributed by atoms with van der Waals surface area (Å²) in [5.41, 5.74) is 1.15. The molecule has 0 bridgehead atoms. The van der Waals surface area contributed by atoms with Crippen molar-refractivity contribution in [1.29, 1.82) is 0 Å². The molecule has 0 unspecified atom stereocenters. The molecule has 1 aromatic carbocycles. The summed E-state index contributed by atoms with van der Waals surface area (Å²) in [6.07, 6.45) is 2.21. The van der Waals surface area contributed by atoms with Crippen LogP contribution in [0.5, 0.6) is 5.75 Å². The molecule has 18 heavy (non-hydrogen) atoms. The topological polar surface area (TPSA) is 29.5 Å². The fourth-order valence-electron chi connectivity index (χ4n) is 2.20. The number of piperidine rings is 1. The fourth-order valence-corrected chi connectivity index (χ4v) is 2.20. The van der Waals surface area contributed by atoms with Crippen LogP contribution in [0.3, 0.4) is 0 Å². The lowest BCUT2D eigenvalue weighted by Crippen LogP contribution is -2.40. The summed E-state index contributed by atoms with van der Waals surface area (Å²) in [5.74, 6) is 1.61. The van der Waals surface area contributed by atoms with Gasteiger partial charge in [0.15, 0.2) is 6.61 Å². The second-order valence-electron chi connectivity index (χ2n) is 5.17. The molecule has 98 valence electrons. The molecular weight excluding hydrogens is 226 g/mol. The predicted molar refractivity (Wildman–Crippen MR) is 71.7 cm³/mol. The summed E-state index contributed by atoms with van der Waals surface area (Å²) in [5, 5.41) is 0. The van der Waals surface area contributed by atoms with E-state index in [2.05, 4.69) is 6.92 Å². The first-order valence-electron chi connectivity index (χ1n) is 6.62. The number of rotatable bonds is 3. The third kappa shape index (κ3) is 3.49. The van der Waals surface area contributed by atoms with E-state index in [-0.39, 0.29) is 12.5 Å². The average molecular weight is 247 g/mol. The molecule has 0 aliphatic carbocycles. The zero-order valence-corrected chi connectivity index (χ0v) is 11.2. The van der Waals surface area contributed by atoms with Crippen molar-refractivity contribution in [3.05, 3.63) is 29.8 Å². The predicted octanol–water partition coefficient (Wildman–Crippen LogP) is 2.63. The average Bonchev–Trinajstić information content (AvgIpc) is 2.37. The van der Waals surface area contributed by atoms with Gasteiger partial charge in [0.2, 0.25) is 0 Å². The Morgan fingerprint density at radius 2 is 2.11 bits per heavy atom. The van der Waals surface area contributed by atoms with E-state index < -0.39 is 0 Å². The summed E-state index contributed by atoms with van der Waals surface area (Å²) in [6, 6.07) is 7.79. The number of hydrogen-bond donors (Lipinski definition) is 0. The molecule has 3 heteroatoms. The number of ether oxygens (including phenoxy) is 1. The zero-order valence-electron chi connectivity index (χ0n) is 11.2. The van der Waals surface area contributed by atoms with Gasteiger partial charge in [-0.05, 0) is 43.4 Å². The first-order chi connectivity index (χ1) is 8.65. The van der Waals surface area contributed by atoms with Crippen molar-refractivity contribution in [2.45, 2.75) is 26.7 Å². The van der Waals surface area contributed by atoms with E-state index in [4.69, 9.17) is 4.74 Å². The summed E-state index contributed by atoms with van der Waals surface area (Å²) < 4.78 is 5.54. The van der Waals surface area contributed by atoms with Crippen LogP contribution in [0.1, 0.15) is 25.3 Å². The van der Waals surface area contributed by atoms with Gasteiger partial charge in [-0.25, -0.2) is 0 Å². The van der Waals surface area contributed by atoms with Crippen LogP contribution in [0.25, 0.3) is 0 Å². The van der Waals surface area contributed by atoms with Gasteiger partial charge in [-0.3, -0.25) is 4.79 Å². The Morgan fingerprint density at radius 1 is 1.39 bits per heavy atom. The standard InChI is InChI=1S/C15H21NO2/c1-12-6-8-16(9-7-12)15(17)11-18-14-5-3-4-13(2)10-14/h3-5,10,12H,6-9,11H2,1-2H3. The van der Waals surface area contributed by atoms with Crippen molar-refractivity contribution in [2.24, 2.45) is 5.92 Å². The normalized spacial score (nSPS) is 16.7. The van der Waals surface area contributed by atoms with E-state index in [1.807, 2.05) is 36.1 Å². The lowest BCUT2D eigenvalue weighted by molar-refractivity contribution is -0.134. The lowest BCUT2D eigenvalue weighted by Gasteiger charge is -2.30. The summed E-state index contributed by atoms with van der Waals surface area (Å²) in [7, 11) is 0. The van der Waals surface area contributed by atoms with E-state index in [9.17, 15) is 4.79 Å². The Balaban J connectivity index is 1.81. The van der Waals surface area contributed by atoms with Crippen LogP contribution < -0.4 is 4.74 Å². The third-order valence-corrected chi connectivity index (χ3v) is 3.49. The van der Waals surface area contributed by atoms with Crippen LogP contribution in [-0.4, -0.2) is 30.5 Å². The third-order valence-electron chi connectivity index (χ3n) is 3.49. The smallest absolute Gasteiger partial charge is 0.260 e. The van der Waals surface area contributed by atoms with Crippen molar-refractivity contribution in [1.82, 2.24) is 4.90 Å². The largest absolute Gasteiger partial charge is 0.484 e. The van der Waals surface area contributed by atoms with Crippen molar-refractivity contribution in [2.75, 3.05) is 19.7 Å². The first-order valence-corrected chi connectivity index (χ1v) is 6.62. The molecule has 1 aliphatic heterocycles. The van der Waals surface area contributed by atoms with Crippen molar-refractivity contribution < 1.29 is 9.53 Å². The van der Waals surface area contributed by atoms with E-state index in [1.54, 1.807) is 0 Å². The molecule has 1 fully saturated rings. The molecule has 0 N–H and O–H groups in total. The van der Waals surface area contributed by atoms with Gasteiger partial charge >= 0.3 is 0 Å². The first kappa shape index (κ1) is 12.9. The van der Waals surface area contributed by atoms with Gasteiger partial charge in [0.1, 0.15) is 5.75 Å². The molecule has 0 spiro atoms. The van der Waals surface area contributed by atoms with Gasteiger partial charge in [-0.15, -0.1) is 0 Å². The number of carbonyl (C=O) groups excluding carboxylic acids is 1. The Kier molecular flexibility index (Phi) is 4.24. The monoisotopic (exact) mass is 247 g/mol. The number of benzene rings is 1. The van der Waals surface area contributed by atoms with Gasteiger partial charge in [0.25, 0.3) is 5.91 Å². The number of aryl methyl sites for hydroxylation is 1. The highest BCUT2D eigenvalue weighted by Gasteiger charge is 2.20. The highest BCUT2D eigenvalue weighted by molar-refractivity contribution is 5.77. The molecule has 1 aromatic rings. The summed E-state index contributed by atoms with van der Waals surface area (Å²) >= 11 is 0. The highest BCUT2D eigenvalue weighted by Crippen LogP contribution is 2.17. The lowest BCUT2D eigenvalue weighted by atomic mass is 9.99. The Morgan fingerprint density at radius 3 is 2.78 bits per heavy atom. The molecule has 1 heterocycles. The number of likely N-dealkylation sites (tertiary alicyclic amines) is 1. The fraction of sp³-hybridized carbons (Fsp3) is 0.533. The quantitative estimate of drug-likeness (QED) is 0.821. The van der Waals surface area contributed by atoms with Crippen molar-refractivity contribution >= 4 is 5.91 Å². The van der Waals surface area contributed by atoms with Crippen LogP contribution in [-0.2, 0) is 4.79 Å². The van der Waals surface area contributed by atoms with Crippen molar-refractivity contribution in [3.63, 3.8) is 0 Å². The van der Waals surface area contributed by atoms with Crippen molar-refractivity contribution in [3.8, 4) is 5.75 Å². The minimum Gasteiger partial charge on any atom is -0.484 e. The van der Waals surface area contributed by atoms with Gasteiger partial charge in [-0.2, -0.15) is 0 Å². The molecule has 0 atom stereocenters. The Hall–Kier alpha value is -1.51. The minimum absolute atomic E-state index is 0.100. The zero-order chi connectivity index (χ0) is 13.0. The molecule has 1 aliphatic rings. The van der Waals surface area contributed by atoms with Gasteiger partial charge in [0, 0.05) is 13.1 Å². The molecule has 2 rings (SSSR count). The molecule has 1 amide bonds. The summed E-state index contributed by atoms with van der Waals surface area (Å²) in [4.78, 5) is 13.9. The van der Waals surface area contributed by atoms with Crippen LogP contribution in [0.4, 0.5) is 0 Å². The van der Waals surface area contributed by atoms with Crippen LogP contribution in [0.15, 0.2) is 24.3 Å². The Bertz CT molecular complexity index is 409. The maximum absolute atomic E-state index is 12.0. The van der Waals surface area contributed by atoms with Gasteiger partial charge in [0.05, 0.1) is 0 Å². The molecular formula is C15H21NO2. The number of hydrogen-bond acceptors (Lipinski definition) is 2. The van der Waals surface area contributed by atoms with Gasteiger partial charge in [-0.1, -0.05) is 19.1 Å². The number of nitrogens with zero attached hydrogens (tertiary/aromatic N) is 1. The van der Waals surface area contributed by atoms with E-state index in [1.165, 1.54) is 0 Å². The second kappa shape index (κ2) is 5.89. The molecule has 0 radical (unpaired) electrons. The minimum atomic E-state index is 0.100. The van der Waals surface area contributed by atoms with Crippen LogP contribution >= 0.6 is 0 Å². The molecule has 0 aromatic heterocycles. The molecule has 0 saturated carbocycles. The maximum atomic E-state index is 12.0. The number of carbonyl (C=O) groups is 1. The number of amides is 1. The van der Waals surface area contributed by atoms with E-state index >= 15 is 0 Å². The van der Waals surface area contributed by atoms with Gasteiger partial charge < -0.3 is 9.64 Å². The van der Waals surface area contributed by atoms with Crippen LogP contribution in [0, 0.1) is 12.8 Å². The SMILES string of the molecule is Cc1cccc(OCC(=O)N2CCC(C)CC2)c1. The highest BCUT2D eigenvalue weighted by atomic mass is 16.5.